The van der Waals surface area contributed by atoms with Crippen molar-refractivity contribution >= 4 is 17.3 Å². The molecule has 7 heteroatoms. The van der Waals surface area contributed by atoms with Gasteiger partial charge in [-0.05, 0) is 31.0 Å². The highest BCUT2D eigenvalue weighted by Crippen LogP contribution is 2.27. The second-order valence-corrected chi connectivity index (χ2v) is 7.03. The molecular weight excluding hydrogens is 358 g/mol. The Labute approximate surface area is 164 Å². The number of benzene rings is 2. The van der Waals surface area contributed by atoms with Crippen molar-refractivity contribution in [1.29, 1.82) is 0 Å². The average Bonchev–Trinajstić information content (AvgIpc) is 2.89. The second-order valence-electron chi connectivity index (χ2n) is 7.03. The van der Waals surface area contributed by atoms with Crippen molar-refractivity contribution in [2.75, 3.05) is 31.6 Å². The summed E-state index contributed by atoms with van der Waals surface area (Å²) in [6.45, 7) is 5.60. The van der Waals surface area contributed by atoms with E-state index >= 15 is 0 Å². The van der Waals surface area contributed by atoms with E-state index in [2.05, 4.69) is 41.0 Å². The fourth-order valence-corrected chi connectivity index (χ4v) is 3.57. The minimum Gasteiger partial charge on any atom is -0.465 e. The Morgan fingerprint density at radius 3 is 2.61 bits per heavy atom. The molecule has 1 heterocycles. The molecule has 1 fully saturated rings. The topological polar surface area (TPSA) is 75.9 Å². The van der Waals surface area contributed by atoms with E-state index < -0.39 is 10.9 Å². The molecule has 0 saturated carbocycles. The van der Waals surface area contributed by atoms with Gasteiger partial charge in [-0.2, -0.15) is 0 Å². The van der Waals surface area contributed by atoms with Crippen LogP contribution in [0.3, 0.4) is 0 Å². The Hall–Kier alpha value is -2.93. The van der Waals surface area contributed by atoms with Crippen molar-refractivity contribution in [2.45, 2.75) is 25.9 Å². The Kier molecular flexibility index (Phi) is 6.26. The Morgan fingerprint density at radius 2 is 1.93 bits per heavy atom. The van der Waals surface area contributed by atoms with Crippen molar-refractivity contribution in [1.82, 2.24) is 4.90 Å². The summed E-state index contributed by atoms with van der Waals surface area (Å²) in [5, 5.41) is 11.2. The van der Waals surface area contributed by atoms with Gasteiger partial charge >= 0.3 is 5.97 Å². The number of nitro groups is 1. The standard InChI is InChI=1S/C21H25N3O4/c1-16-10-11-22(12-13-23(16)15-17-6-4-3-5-7-17)18-8-9-20(24(26)27)19(14-18)21(25)28-2/h3-9,14,16H,10-13,15H2,1-2H3. The zero-order valence-corrected chi connectivity index (χ0v) is 16.2. The molecule has 28 heavy (non-hydrogen) atoms. The molecule has 1 atom stereocenters. The molecule has 2 aromatic rings. The third-order valence-corrected chi connectivity index (χ3v) is 5.27. The second kappa shape index (κ2) is 8.84. The van der Waals surface area contributed by atoms with Gasteiger partial charge in [0.15, 0.2) is 0 Å². The molecule has 1 saturated heterocycles. The van der Waals surface area contributed by atoms with Crippen LogP contribution in [0, 0.1) is 10.1 Å². The van der Waals surface area contributed by atoms with Crippen LogP contribution < -0.4 is 4.90 Å². The Morgan fingerprint density at radius 1 is 1.18 bits per heavy atom. The summed E-state index contributed by atoms with van der Waals surface area (Å²) >= 11 is 0. The van der Waals surface area contributed by atoms with Crippen molar-refractivity contribution in [3.63, 3.8) is 0 Å². The van der Waals surface area contributed by atoms with E-state index in [0.29, 0.717) is 6.04 Å². The van der Waals surface area contributed by atoms with Crippen molar-refractivity contribution in [3.05, 3.63) is 69.8 Å². The van der Waals surface area contributed by atoms with Crippen LogP contribution >= 0.6 is 0 Å². The van der Waals surface area contributed by atoms with E-state index in [4.69, 9.17) is 4.74 Å². The van der Waals surface area contributed by atoms with Gasteiger partial charge in [-0.1, -0.05) is 30.3 Å². The molecule has 1 unspecified atom stereocenters. The highest BCUT2D eigenvalue weighted by Gasteiger charge is 2.25. The molecule has 7 nitrogen and oxygen atoms in total. The van der Waals surface area contributed by atoms with E-state index in [0.717, 1.165) is 38.3 Å². The van der Waals surface area contributed by atoms with Crippen LogP contribution in [0.15, 0.2) is 48.5 Å². The van der Waals surface area contributed by atoms with E-state index in [1.165, 1.54) is 18.7 Å². The van der Waals surface area contributed by atoms with Crippen LogP contribution in [-0.4, -0.2) is 48.6 Å². The van der Waals surface area contributed by atoms with Crippen LogP contribution in [0.2, 0.25) is 0 Å². The zero-order valence-electron chi connectivity index (χ0n) is 16.2. The van der Waals surface area contributed by atoms with Gasteiger partial charge in [0.2, 0.25) is 0 Å². The molecule has 0 amide bonds. The lowest BCUT2D eigenvalue weighted by Crippen LogP contribution is -2.34. The number of hydrogen-bond acceptors (Lipinski definition) is 6. The first-order chi connectivity index (χ1) is 13.5. The molecule has 0 aromatic heterocycles. The smallest absolute Gasteiger partial charge is 0.344 e. The molecule has 1 aliphatic rings. The summed E-state index contributed by atoms with van der Waals surface area (Å²) in [5.74, 6) is -0.692. The maximum Gasteiger partial charge on any atom is 0.344 e. The summed E-state index contributed by atoms with van der Waals surface area (Å²) in [7, 11) is 1.23. The third-order valence-electron chi connectivity index (χ3n) is 5.27. The maximum atomic E-state index is 12.0. The van der Waals surface area contributed by atoms with Gasteiger partial charge in [0.05, 0.1) is 12.0 Å². The fourth-order valence-electron chi connectivity index (χ4n) is 3.57. The summed E-state index contributed by atoms with van der Waals surface area (Å²) in [4.78, 5) is 27.3. The van der Waals surface area contributed by atoms with Crippen LogP contribution in [-0.2, 0) is 11.3 Å². The number of rotatable bonds is 5. The molecule has 3 rings (SSSR count). The summed E-state index contributed by atoms with van der Waals surface area (Å²) < 4.78 is 4.72. The Bertz CT molecular complexity index is 841. The monoisotopic (exact) mass is 383 g/mol. The highest BCUT2D eigenvalue weighted by molar-refractivity contribution is 5.95. The van der Waals surface area contributed by atoms with Crippen LogP contribution in [0.25, 0.3) is 0 Å². The van der Waals surface area contributed by atoms with E-state index in [1.807, 2.05) is 6.07 Å². The van der Waals surface area contributed by atoms with E-state index in [-0.39, 0.29) is 11.3 Å². The normalized spacial score (nSPS) is 17.8. The van der Waals surface area contributed by atoms with Gasteiger partial charge in [-0.3, -0.25) is 15.0 Å². The fraction of sp³-hybridized carbons (Fsp3) is 0.381. The number of methoxy groups -OCH3 is 1. The number of nitrogens with zero attached hydrogens (tertiary/aromatic N) is 3. The van der Waals surface area contributed by atoms with Gasteiger partial charge in [-0.15, -0.1) is 0 Å². The zero-order chi connectivity index (χ0) is 20.1. The first-order valence-corrected chi connectivity index (χ1v) is 9.39. The van der Waals surface area contributed by atoms with E-state index in [1.54, 1.807) is 12.1 Å². The predicted octanol–water partition coefficient (Wildman–Crippen LogP) is 3.48. The molecule has 2 aromatic carbocycles. The summed E-state index contributed by atoms with van der Waals surface area (Å²) in [5.41, 5.74) is 1.85. The molecule has 1 aliphatic heterocycles. The predicted molar refractivity (Wildman–Crippen MR) is 108 cm³/mol. The number of nitro benzene ring substituents is 1. The van der Waals surface area contributed by atoms with Crippen molar-refractivity contribution < 1.29 is 14.5 Å². The van der Waals surface area contributed by atoms with Gasteiger partial charge in [0.25, 0.3) is 5.69 Å². The third kappa shape index (κ3) is 4.48. The van der Waals surface area contributed by atoms with Gasteiger partial charge in [0.1, 0.15) is 5.56 Å². The number of carbonyl (C=O) groups is 1. The highest BCUT2D eigenvalue weighted by atomic mass is 16.6. The minimum absolute atomic E-state index is 0.0107. The van der Waals surface area contributed by atoms with Crippen molar-refractivity contribution in [3.8, 4) is 0 Å². The molecular formula is C21H25N3O4. The quantitative estimate of drug-likeness (QED) is 0.447. The minimum atomic E-state index is -0.692. The van der Waals surface area contributed by atoms with Gasteiger partial charge < -0.3 is 9.64 Å². The summed E-state index contributed by atoms with van der Waals surface area (Å²) in [6, 6.07) is 15.5. The lowest BCUT2D eigenvalue weighted by Gasteiger charge is -2.26. The van der Waals surface area contributed by atoms with Gasteiger partial charge in [-0.25, -0.2) is 4.79 Å². The summed E-state index contributed by atoms with van der Waals surface area (Å²) in [6.07, 6.45) is 0.970. The van der Waals surface area contributed by atoms with Crippen LogP contribution in [0.4, 0.5) is 11.4 Å². The number of esters is 1. The molecule has 0 N–H and O–H groups in total. The SMILES string of the molecule is COC(=O)c1cc(N2CCC(C)N(Cc3ccccc3)CC2)ccc1[N+](=O)[O-]. The van der Waals surface area contributed by atoms with Crippen molar-refractivity contribution in [2.24, 2.45) is 0 Å². The molecule has 148 valence electrons. The molecule has 0 radical (unpaired) electrons. The van der Waals surface area contributed by atoms with Gasteiger partial charge in [0, 0.05) is 44.0 Å². The largest absolute Gasteiger partial charge is 0.465 e. The first-order valence-electron chi connectivity index (χ1n) is 9.39. The lowest BCUT2D eigenvalue weighted by atomic mass is 10.1. The average molecular weight is 383 g/mol. The number of hydrogen-bond donors (Lipinski definition) is 0. The van der Waals surface area contributed by atoms with E-state index in [9.17, 15) is 14.9 Å². The molecule has 0 bridgehead atoms. The maximum absolute atomic E-state index is 12.0. The van der Waals surface area contributed by atoms with Crippen LogP contribution in [0.5, 0.6) is 0 Å². The Balaban J connectivity index is 1.77. The number of anilines is 1. The number of carbonyl (C=O) groups excluding carboxylic acids is 1. The molecule has 0 aliphatic carbocycles. The molecule has 0 spiro atoms. The lowest BCUT2D eigenvalue weighted by molar-refractivity contribution is -0.385. The van der Waals surface area contributed by atoms with Crippen LogP contribution in [0.1, 0.15) is 29.3 Å². The number of ether oxygens (including phenoxy) is 1. The first kappa shape index (κ1) is 19.8.